The van der Waals surface area contributed by atoms with Crippen LogP contribution in [0.4, 0.5) is 0 Å². The van der Waals surface area contributed by atoms with Gasteiger partial charge in [-0.25, -0.2) is 4.79 Å². The van der Waals surface area contributed by atoms with Gasteiger partial charge in [-0.3, -0.25) is 0 Å². The van der Waals surface area contributed by atoms with E-state index in [9.17, 15) is 4.79 Å². The smallest absolute Gasteiger partial charge is 0.333 e. The molecule has 0 saturated heterocycles. The van der Waals surface area contributed by atoms with Crippen molar-refractivity contribution in [3.63, 3.8) is 0 Å². The Kier molecular flexibility index (Phi) is 14.1. The van der Waals surface area contributed by atoms with Crippen molar-refractivity contribution >= 4 is 5.97 Å². The van der Waals surface area contributed by atoms with Gasteiger partial charge in [0.25, 0.3) is 0 Å². The largest absolute Gasteiger partial charge is 0.460 e. The van der Waals surface area contributed by atoms with Crippen LogP contribution in [-0.2, 0) is 14.3 Å². The fourth-order valence-electron chi connectivity index (χ4n) is 0.461. The van der Waals surface area contributed by atoms with Crippen molar-refractivity contribution in [1.29, 1.82) is 0 Å². The van der Waals surface area contributed by atoms with Gasteiger partial charge in [-0.05, 0) is 27.7 Å². The van der Waals surface area contributed by atoms with Crippen LogP contribution in [0.2, 0.25) is 0 Å². The summed E-state index contributed by atoms with van der Waals surface area (Å²) in [6, 6.07) is 0. The van der Waals surface area contributed by atoms with Crippen LogP contribution in [0.5, 0.6) is 0 Å². The first-order valence-electron chi connectivity index (χ1n) is 5.07. The van der Waals surface area contributed by atoms with Gasteiger partial charge in [-0.2, -0.15) is 0 Å². The van der Waals surface area contributed by atoms with Crippen LogP contribution in [0.1, 0.15) is 27.7 Å². The number of ether oxygens (including phenoxy) is 2. The Morgan fingerprint density at radius 2 is 1.80 bits per heavy atom. The van der Waals surface area contributed by atoms with E-state index in [4.69, 9.17) is 9.47 Å². The van der Waals surface area contributed by atoms with Gasteiger partial charge >= 0.3 is 5.97 Å². The highest BCUT2D eigenvalue weighted by atomic mass is 16.6. The lowest BCUT2D eigenvalue weighted by Crippen LogP contribution is -2.10. The van der Waals surface area contributed by atoms with E-state index in [1.807, 2.05) is 32.9 Å². The summed E-state index contributed by atoms with van der Waals surface area (Å²) in [6.45, 7) is 12.3. The summed E-state index contributed by atoms with van der Waals surface area (Å²) >= 11 is 0. The SMILES string of the molecule is C=C(C)C(=O)OCCOCC.CC=CC. The van der Waals surface area contributed by atoms with E-state index in [0.29, 0.717) is 25.4 Å². The minimum Gasteiger partial charge on any atom is -0.460 e. The number of carbonyl (C=O) groups is 1. The monoisotopic (exact) mass is 214 g/mol. The Hall–Kier alpha value is -1.09. The predicted molar refractivity (Wildman–Crippen MR) is 62.8 cm³/mol. The fraction of sp³-hybridized carbons (Fsp3) is 0.583. The lowest BCUT2D eigenvalue weighted by molar-refractivity contribution is -0.140. The Labute approximate surface area is 92.8 Å². The molecule has 0 bridgehead atoms. The zero-order valence-electron chi connectivity index (χ0n) is 10.2. The van der Waals surface area contributed by atoms with Crippen LogP contribution in [0.15, 0.2) is 24.3 Å². The topological polar surface area (TPSA) is 35.5 Å². The van der Waals surface area contributed by atoms with Crippen molar-refractivity contribution in [1.82, 2.24) is 0 Å². The molecule has 0 radical (unpaired) electrons. The van der Waals surface area contributed by atoms with Crippen LogP contribution in [-0.4, -0.2) is 25.8 Å². The fourth-order valence-corrected chi connectivity index (χ4v) is 0.461. The highest BCUT2D eigenvalue weighted by Crippen LogP contribution is 1.91. The molecule has 0 rings (SSSR count). The van der Waals surface area contributed by atoms with Gasteiger partial charge in [-0.15, -0.1) is 0 Å². The molecule has 3 heteroatoms. The third-order valence-electron chi connectivity index (χ3n) is 1.35. The molecule has 88 valence electrons. The molecule has 0 atom stereocenters. The highest BCUT2D eigenvalue weighted by molar-refractivity contribution is 5.86. The van der Waals surface area contributed by atoms with Crippen molar-refractivity contribution in [2.75, 3.05) is 19.8 Å². The second kappa shape index (κ2) is 12.9. The third kappa shape index (κ3) is 15.6. The van der Waals surface area contributed by atoms with E-state index in [1.54, 1.807) is 6.92 Å². The molecule has 0 aliphatic rings. The van der Waals surface area contributed by atoms with Crippen molar-refractivity contribution in [3.05, 3.63) is 24.3 Å². The molecular formula is C12H22O3. The van der Waals surface area contributed by atoms with Crippen LogP contribution < -0.4 is 0 Å². The van der Waals surface area contributed by atoms with Gasteiger partial charge in [0.2, 0.25) is 0 Å². The molecule has 15 heavy (non-hydrogen) atoms. The zero-order chi connectivity index (χ0) is 12.1. The summed E-state index contributed by atoms with van der Waals surface area (Å²) in [5, 5.41) is 0. The maximum Gasteiger partial charge on any atom is 0.333 e. The number of hydrogen-bond acceptors (Lipinski definition) is 3. The van der Waals surface area contributed by atoms with E-state index in [-0.39, 0.29) is 5.97 Å². The van der Waals surface area contributed by atoms with E-state index in [2.05, 4.69) is 6.58 Å². The number of carbonyl (C=O) groups excluding carboxylic acids is 1. The summed E-state index contributed by atoms with van der Waals surface area (Å²) in [6.07, 6.45) is 4.00. The van der Waals surface area contributed by atoms with Gasteiger partial charge in [0.1, 0.15) is 6.61 Å². The van der Waals surface area contributed by atoms with E-state index < -0.39 is 0 Å². The molecule has 0 aromatic rings. The minimum atomic E-state index is -0.357. The predicted octanol–water partition coefficient (Wildman–Crippen LogP) is 2.72. The van der Waals surface area contributed by atoms with E-state index in [1.165, 1.54) is 0 Å². The first kappa shape index (κ1) is 16.3. The van der Waals surface area contributed by atoms with Crippen LogP contribution in [0.25, 0.3) is 0 Å². The molecule has 0 amide bonds. The molecule has 0 unspecified atom stereocenters. The molecule has 0 heterocycles. The van der Waals surface area contributed by atoms with Gasteiger partial charge in [0.15, 0.2) is 0 Å². The molecule has 0 fully saturated rings. The molecular weight excluding hydrogens is 192 g/mol. The Balaban J connectivity index is 0. The lowest BCUT2D eigenvalue weighted by Gasteiger charge is -2.03. The van der Waals surface area contributed by atoms with E-state index in [0.717, 1.165) is 0 Å². The maximum atomic E-state index is 10.7. The maximum absolute atomic E-state index is 10.7. The van der Waals surface area contributed by atoms with Gasteiger partial charge in [0, 0.05) is 12.2 Å². The van der Waals surface area contributed by atoms with Crippen LogP contribution in [0, 0.1) is 0 Å². The first-order valence-corrected chi connectivity index (χ1v) is 5.07. The molecule has 0 N–H and O–H groups in total. The number of esters is 1. The van der Waals surface area contributed by atoms with Crippen LogP contribution in [0.3, 0.4) is 0 Å². The zero-order valence-corrected chi connectivity index (χ0v) is 10.2. The molecule has 0 aromatic carbocycles. The lowest BCUT2D eigenvalue weighted by atomic mass is 10.4. The molecule has 0 aromatic heterocycles. The van der Waals surface area contributed by atoms with Crippen molar-refractivity contribution in [2.24, 2.45) is 0 Å². The second-order valence-corrected chi connectivity index (χ2v) is 2.78. The number of rotatable bonds is 5. The molecule has 3 nitrogen and oxygen atoms in total. The first-order chi connectivity index (χ1) is 7.09. The number of hydrogen-bond donors (Lipinski definition) is 0. The van der Waals surface area contributed by atoms with Crippen molar-refractivity contribution in [2.45, 2.75) is 27.7 Å². The Morgan fingerprint density at radius 1 is 1.27 bits per heavy atom. The quantitative estimate of drug-likeness (QED) is 0.305. The second-order valence-electron chi connectivity index (χ2n) is 2.78. The average Bonchev–Trinajstić information content (AvgIpc) is 2.24. The Morgan fingerprint density at radius 3 is 2.13 bits per heavy atom. The van der Waals surface area contributed by atoms with Crippen LogP contribution >= 0.6 is 0 Å². The highest BCUT2D eigenvalue weighted by Gasteiger charge is 2.00. The Bertz CT molecular complexity index is 191. The summed E-state index contributed by atoms with van der Waals surface area (Å²) in [7, 11) is 0. The van der Waals surface area contributed by atoms with Crippen molar-refractivity contribution < 1.29 is 14.3 Å². The van der Waals surface area contributed by atoms with Gasteiger partial charge in [-0.1, -0.05) is 18.7 Å². The number of allylic oxidation sites excluding steroid dienone is 2. The third-order valence-corrected chi connectivity index (χ3v) is 1.35. The normalized spacial score (nSPS) is 9.33. The molecule has 0 aliphatic heterocycles. The molecule has 0 saturated carbocycles. The van der Waals surface area contributed by atoms with Crippen molar-refractivity contribution in [3.8, 4) is 0 Å². The summed E-state index contributed by atoms with van der Waals surface area (Å²) in [5.41, 5.74) is 0.418. The molecule has 0 spiro atoms. The van der Waals surface area contributed by atoms with Gasteiger partial charge in [0.05, 0.1) is 6.61 Å². The summed E-state index contributed by atoms with van der Waals surface area (Å²) < 4.78 is 9.70. The summed E-state index contributed by atoms with van der Waals surface area (Å²) in [5.74, 6) is -0.357. The summed E-state index contributed by atoms with van der Waals surface area (Å²) in [4.78, 5) is 10.7. The molecule has 0 aliphatic carbocycles. The standard InChI is InChI=1S/C8H14O3.C4H8/c1-4-10-5-6-11-8(9)7(2)3;1-3-4-2/h2,4-6H2,1,3H3;3-4H,1-2H3. The minimum absolute atomic E-state index is 0.305. The van der Waals surface area contributed by atoms with Gasteiger partial charge < -0.3 is 9.47 Å². The average molecular weight is 214 g/mol. The van der Waals surface area contributed by atoms with E-state index >= 15 is 0 Å².